The van der Waals surface area contributed by atoms with E-state index in [1.807, 2.05) is 17.0 Å². The highest BCUT2D eigenvalue weighted by molar-refractivity contribution is 5.62. The van der Waals surface area contributed by atoms with Gasteiger partial charge in [-0.05, 0) is 25.0 Å². The maximum atomic E-state index is 9.52. The van der Waals surface area contributed by atoms with E-state index in [4.69, 9.17) is 5.73 Å². The number of hydrogen-bond donors (Lipinski definition) is 2. The molecular formula is C10H15N3O. The summed E-state index contributed by atoms with van der Waals surface area (Å²) >= 11 is 0. The van der Waals surface area contributed by atoms with Crippen LogP contribution in [0.5, 0.6) is 0 Å². The van der Waals surface area contributed by atoms with Crippen molar-refractivity contribution < 1.29 is 5.11 Å². The second-order valence-corrected chi connectivity index (χ2v) is 3.66. The first-order valence-electron chi connectivity index (χ1n) is 4.91. The van der Waals surface area contributed by atoms with Crippen LogP contribution in [0.25, 0.3) is 0 Å². The van der Waals surface area contributed by atoms with E-state index in [-0.39, 0.29) is 6.10 Å². The summed E-state index contributed by atoms with van der Waals surface area (Å²) in [5.41, 5.74) is 6.49. The number of nitrogens with two attached hydrogens (primary N) is 1. The van der Waals surface area contributed by atoms with Gasteiger partial charge in [0.1, 0.15) is 0 Å². The molecular weight excluding hydrogens is 178 g/mol. The Morgan fingerprint density at radius 3 is 3.14 bits per heavy atom. The summed E-state index contributed by atoms with van der Waals surface area (Å²) in [5.74, 6) is 0.797. The number of rotatable bonds is 1. The van der Waals surface area contributed by atoms with Gasteiger partial charge in [0, 0.05) is 19.3 Å². The van der Waals surface area contributed by atoms with E-state index in [9.17, 15) is 5.11 Å². The fourth-order valence-corrected chi connectivity index (χ4v) is 1.82. The van der Waals surface area contributed by atoms with Gasteiger partial charge in [-0.3, -0.25) is 0 Å². The largest absolute Gasteiger partial charge is 0.396 e. The second-order valence-electron chi connectivity index (χ2n) is 3.66. The predicted molar refractivity (Wildman–Crippen MR) is 56.1 cm³/mol. The van der Waals surface area contributed by atoms with Crippen LogP contribution in [0, 0.1) is 0 Å². The van der Waals surface area contributed by atoms with Gasteiger partial charge in [-0.15, -0.1) is 0 Å². The van der Waals surface area contributed by atoms with Crippen molar-refractivity contribution in [2.75, 3.05) is 23.7 Å². The molecule has 1 aromatic heterocycles. The van der Waals surface area contributed by atoms with Crippen molar-refractivity contribution in [1.82, 2.24) is 4.98 Å². The van der Waals surface area contributed by atoms with Crippen LogP contribution in [0.3, 0.4) is 0 Å². The minimum Gasteiger partial charge on any atom is -0.396 e. The Hall–Kier alpha value is -1.29. The topological polar surface area (TPSA) is 62.4 Å². The number of anilines is 2. The summed E-state index contributed by atoms with van der Waals surface area (Å²) in [6.07, 6.45) is 3.36. The van der Waals surface area contributed by atoms with E-state index >= 15 is 0 Å². The molecule has 1 fully saturated rings. The first-order chi connectivity index (χ1) is 6.77. The summed E-state index contributed by atoms with van der Waals surface area (Å²) in [5, 5.41) is 9.52. The zero-order valence-corrected chi connectivity index (χ0v) is 8.06. The van der Waals surface area contributed by atoms with E-state index in [0.717, 1.165) is 25.2 Å². The van der Waals surface area contributed by atoms with Crippen molar-refractivity contribution in [3.63, 3.8) is 0 Å². The molecule has 2 heterocycles. The van der Waals surface area contributed by atoms with Crippen LogP contribution in [0.4, 0.5) is 11.5 Å². The monoisotopic (exact) mass is 193 g/mol. The van der Waals surface area contributed by atoms with Crippen LogP contribution in [0.2, 0.25) is 0 Å². The van der Waals surface area contributed by atoms with Gasteiger partial charge >= 0.3 is 0 Å². The van der Waals surface area contributed by atoms with E-state index in [1.54, 1.807) is 6.20 Å². The van der Waals surface area contributed by atoms with Gasteiger partial charge in [0.15, 0.2) is 5.82 Å². The molecule has 2 rings (SSSR count). The zero-order chi connectivity index (χ0) is 9.97. The summed E-state index contributed by atoms with van der Waals surface area (Å²) in [6.45, 7) is 1.57. The van der Waals surface area contributed by atoms with Gasteiger partial charge in [0.25, 0.3) is 0 Å². The van der Waals surface area contributed by atoms with Crippen LogP contribution < -0.4 is 10.6 Å². The van der Waals surface area contributed by atoms with Crippen molar-refractivity contribution >= 4 is 11.5 Å². The van der Waals surface area contributed by atoms with Gasteiger partial charge < -0.3 is 15.7 Å². The molecule has 0 unspecified atom stereocenters. The summed E-state index contributed by atoms with van der Waals surface area (Å²) < 4.78 is 0. The SMILES string of the molecule is Nc1cccnc1N1CCC[C@H](O)C1. The third-order valence-electron chi connectivity index (χ3n) is 2.51. The minimum absolute atomic E-state index is 0.245. The lowest BCUT2D eigenvalue weighted by Crippen LogP contribution is -2.39. The van der Waals surface area contributed by atoms with Crippen molar-refractivity contribution in [1.29, 1.82) is 0 Å². The number of pyridine rings is 1. The summed E-state index contributed by atoms with van der Waals surface area (Å²) in [4.78, 5) is 6.27. The van der Waals surface area contributed by atoms with Gasteiger partial charge in [0.05, 0.1) is 11.8 Å². The lowest BCUT2D eigenvalue weighted by molar-refractivity contribution is 0.154. The molecule has 1 aromatic rings. The van der Waals surface area contributed by atoms with Gasteiger partial charge in [-0.25, -0.2) is 4.98 Å². The average molecular weight is 193 g/mol. The van der Waals surface area contributed by atoms with Crippen molar-refractivity contribution in [3.05, 3.63) is 18.3 Å². The number of hydrogen-bond acceptors (Lipinski definition) is 4. The van der Waals surface area contributed by atoms with E-state index in [1.165, 1.54) is 0 Å². The molecule has 4 nitrogen and oxygen atoms in total. The molecule has 0 aromatic carbocycles. The molecule has 0 amide bonds. The molecule has 76 valence electrons. The minimum atomic E-state index is -0.245. The van der Waals surface area contributed by atoms with Crippen molar-refractivity contribution in [2.24, 2.45) is 0 Å². The molecule has 0 aliphatic carbocycles. The van der Waals surface area contributed by atoms with Crippen LogP contribution in [0.15, 0.2) is 18.3 Å². The number of aliphatic hydroxyl groups is 1. The molecule has 1 atom stereocenters. The number of nitrogen functional groups attached to an aromatic ring is 1. The predicted octanol–water partition coefficient (Wildman–Crippen LogP) is 0.625. The van der Waals surface area contributed by atoms with Crippen LogP contribution in [0.1, 0.15) is 12.8 Å². The Labute approximate surface area is 83.4 Å². The standard InChI is InChI=1S/C10H15N3O/c11-9-4-1-5-12-10(9)13-6-2-3-8(14)7-13/h1,4-5,8,14H,2-3,6-7,11H2/t8-/m0/s1. The lowest BCUT2D eigenvalue weighted by Gasteiger charge is -2.31. The van der Waals surface area contributed by atoms with Crippen molar-refractivity contribution in [3.8, 4) is 0 Å². The van der Waals surface area contributed by atoms with Gasteiger partial charge in [-0.2, -0.15) is 0 Å². The highest BCUT2D eigenvalue weighted by Gasteiger charge is 2.19. The quantitative estimate of drug-likeness (QED) is 0.686. The number of aliphatic hydroxyl groups excluding tert-OH is 1. The highest BCUT2D eigenvalue weighted by Crippen LogP contribution is 2.22. The summed E-state index contributed by atoms with van der Waals surface area (Å²) in [7, 11) is 0. The van der Waals surface area contributed by atoms with E-state index < -0.39 is 0 Å². The molecule has 1 aliphatic rings. The molecule has 1 saturated heterocycles. The normalized spacial score (nSPS) is 22.4. The first-order valence-corrected chi connectivity index (χ1v) is 4.91. The fraction of sp³-hybridized carbons (Fsp3) is 0.500. The lowest BCUT2D eigenvalue weighted by atomic mass is 10.1. The van der Waals surface area contributed by atoms with Crippen LogP contribution >= 0.6 is 0 Å². The maximum absolute atomic E-state index is 9.52. The molecule has 4 heteroatoms. The molecule has 0 spiro atoms. The Bertz CT molecular complexity index is 316. The highest BCUT2D eigenvalue weighted by atomic mass is 16.3. The summed E-state index contributed by atoms with van der Waals surface area (Å²) in [6, 6.07) is 3.66. The van der Waals surface area contributed by atoms with Crippen LogP contribution in [-0.2, 0) is 0 Å². The number of β-amino-alcohol motifs (C(OH)–C–C–N with tert-alkyl or cyclic N) is 1. The fourth-order valence-electron chi connectivity index (χ4n) is 1.82. The molecule has 0 radical (unpaired) electrons. The molecule has 3 N–H and O–H groups in total. The molecule has 0 saturated carbocycles. The smallest absolute Gasteiger partial charge is 0.151 e. The van der Waals surface area contributed by atoms with Crippen molar-refractivity contribution in [2.45, 2.75) is 18.9 Å². The van der Waals surface area contributed by atoms with Gasteiger partial charge in [0.2, 0.25) is 0 Å². The third kappa shape index (κ3) is 1.80. The Kier molecular flexibility index (Phi) is 2.54. The van der Waals surface area contributed by atoms with Gasteiger partial charge in [-0.1, -0.05) is 0 Å². The molecule has 14 heavy (non-hydrogen) atoms. The Morgan fingerprint density at radius 2 is 2.43 bits per heavy atom. The number of piperidine rings is 1. The molecule has 0 bridgehead atoms. The maximum Gasteiger partial charge on any atom is 0.151 e. The average Bonchev–Trinajstić information content (AvgIpc) is 2.18. The van der Waals surface area contributed by atoms with E-state index in [0.29, 0.717) is 12.2 Å². The Morgan fingerprint density at radius 1 is 1.57 bits per heavy atom. The van der Waals surface area contributed by atoms with E-state index in [2.05, 4.69) is 4.98 Å². The number of nitrogens with zero attached hydrogens (tertiary/aromatic N) is 2. The van der Waals surface area contributed by atoms with Crippen LogP contribution in [-0.4, -0.2) is 29.3 Å². The number of aromatic nitrogens is 1. The molecule has 1 aliphatic heterocycles. The zero-order valence-electron chi connectivity index (χ0n) is 8.06. The third-order valence-corrected chi connectivity index (χ3v) is 2.51. The second kappa shape index (κ2) is 3.84. The first kappa shape index (κ1) is 9.27. The Balaban J connectivity index is 2.18.